The number of halogens is 1. The summed E-state index contributed by atoms with van der Waals surface area (Å²) in [7, 11) is 3.18. The highest BCUT2D eigenvalue weighted by Gasteiger charge is 2.26. The van der Waals surface area contributed by atoms with Crippen molar-refractivity contribution in [3.05, 3.63) is 57.6 Å². The Hall–Kier alpha value is -2.77. The van der Waals surface area contributed by atoms with Crippen LogP contribution in [0.1, 0.15) is 33.4 Å². The Balaban J connectivity index is 1.59. The number of aryl methyl sites for hydroxylation is 1. The monoisotopic (exact) mass is 444 g/mol. The largest absolute Gasteiger partial charge is 0.493 e. The molecule has 0 saturated heterocycles. The van der Waals surface area contributed by atoms with Crippen molar-refractivity contribution in [2.24, 2.45) is 0 Å². The normalized spacial score (nSPS) is 15.1. The van der Waals surface area contributed by atoms with Crippen molar-refractivity contribution in [1.29, 1.82) is 0 Å². The fourth-order valence-electron chi connectivity index (χ4n) is 3.46. The minimum absolute atomic E-state index is 0.158. The molecule has 2 aromatic carbocycles. The Kier molecular flexibility index (Phi) is 5.83. The van der Waals surface area contributed by atoms with Crippen LogP contribution in [0.15, 0.2) is 36.4 Å². The first-order chi connectivity index (χ1) is 14.5. The van der Waals surface area contributed by atoms with Gasteiger partial charge in [0.15, 0.2) is 11.5 Å². The van der Waals surface area contributed by atoms with Gasteiger partial charge < -0.3 is 19.5 Å². The van der Waals surface area contributed by atoms with E-state index in [1.807, 2.05) is 37.3 Å². The quantitative estimate of drug-likeness (QED) is 0.596. The van der Waals surface area contributed by atoms with Crippen LogP contribution in [-0.2, 0) is 0 Å². The van der Waals surface area contributed by atoms with Gasteiger partial charge in [0, 0.05) is 17.5 Å². The zero-order valence-electron chi connectivity index (χ0n) is 16.8. The van der Waals surface area contributed by atoms with Crippen LogP contribution in [0.4, 0.5) is 0 Å². The number of fused-ring (bicyclic) bond motifs is 1. The maximum Gasteiger partial charge on any atom is 0.263 e. The molecular formula is C22H21ClN2O4S. The SMILES string of the molecule is COc1ccc(-c2nc(C)c(C(=O)NC3CCOc4c(Cl)cccc43)s2)cc1OC. The Labute approximate surface area is 183 Å². The number of carbonyl (C=O) groups is 1. The first kappa shape index (κ1) is 20.5. The van der Waals surface area contributed by atoms with Gasteiger partial charge >= 0.3 is 0 Å². The summed E-state index contributed by atoms with van der Waals surface area (Å²) >= 11 is 7.59. The van der Waals surface area contributed by atoms with Crippen LogP contribution in [-0.4, -0.2) is 31.7 Å². The minimum atomic E-state index is -0.161. The van der Waals surface area contributed by atoms with E-state index in [1.165, 1.54) is 11.3 Å². The lowest BCUT2D eigenvalue weighted by Crippen LogP contribution is -2.32. The van der Waals surface area contributed by atoms with Gasteiger partial charge in [0.05, 0.1) is 37.6 Å². The van der Waals surface area contributed by atoms with E-state index in [0.29, 0.717) is 45.9 Å². The van der Waals surface area contributed by atoms with Gasteiger partial charge in [-0.3, -0.25) is 4.79 Å². The summed E-state index contributed by atoms with van der Waals surface area (Å²) in [6, 6.07) is 11.0. The van der Waals surface area contributed by atoms with Crippen molar-refractivity contribution in [1.82, 2.24) is 10.3 Å². The van der Waals surface area contributed by atoms with E-state index >= 15 is 0 Å². The van der Waals surface area contributed by atoms with E-state index in [4.69, 9.17) is 25.8 Å². The molecule has 6 nitrogen and oxygen atoms in total. The number of carbonyl (C=O) groups excluding carboxylic acids is 1. The number of hydrogen-bond donors (Lipinski definition) is 1. The summed E-state index contributed by atoms with van der Waals surface area (Å²) in [4.78, 5) is 18.2. The average Bonchev–Trinajstić information content (AvgIpc) is 3.15. The molecule has 0 saturated carbocycles. The molecule has 0 radical (unpaired) electrons. The Bertz CT molecular complexity index is 1100. The number of nitrogens with zero attached hydrogens (tertiary/aromatic N) is 1. The van der Waals surface area contributed by atoms with Crippen LogP contribution in [0.25, 0.3) is 10.6 Å². The van der Waals surface area contributed by atoms with Crippen LogP contribution < -0.4 is 19.5 Å². The van der Waals surface area contributed by atoms with Crippen molar-refractivity contribution in [2.75, 3.05) is 20.8 Å². The number of aromatic nitrogens is 1. The van der Waals surface area contributed by atoms with Gasteiger partial charge in [-0.1, -0.05) is 23.7 Å². The summed E-state index contributed by atoms with van der Waals surface area (Å²) in [5.41, 5.74) is 2.44. The van der Waals surface area contributed by atoms with Crippen LogP contribution in [0, 0.1) is 6.92 Å². The number of hydrogen-bond acceptors (Lipinski definition) is 6. The predicted molar refractivity (Wildman–Crippen MR) is 117 cm³/mol. The van der Waals surface area contributed by atoms with E-state index in [2.05, 4.69) is 10.3 Å². The van der Waals surface area contributed by atoms with Crippen molar-refractivity contribution >= 4 is 28.8 Å². The number of benzene rings is 2. The highest BCUT2D eigenvalue weighted by Crippen LogP contribution is 2.38. The number of amides is 1. The number of methoxy groups -OCH3 is 2. The fourth-order valence-corrected chi connectivity index (χ4v) is 4.66. The lowest BCUT2D eigenvalue weighted by molar-refractivity contribution is 0.0928. The number of nitrogens with one attached hydrogen (secondary N) is 1. The van der Waals surface area contributed by atoms with Crippen LogP contribution in [0.5, 0.6) is 17.2 Å². The predicted octanol–water partition coefficient (Wildman–Crippen LogP) is 5.04. The van der Waals surface area contributed by atoms with Gasteiger partial charge in [0.25, 0.3) is 5.91 Å². The van der Waals surface area contributed by atoms with Crippen molar-refractivity contribution in [3.8, 4) is 27.8 Å². The van der Waals surface area contributed by atoms with Gasteiger partial charge in [-0.15, -0.1) is 11.3 Å². The van der Waals surface area contributed by atoms with E-state index in [9.17, 15) is 4.79 Å². The summed E-state index contributed by atoms with van der Waals surface area (Å²) in [5.74, 6) is 1.74. The zero-order chi connectivity index (χ0) is 21.3. The molecule has 1 aromatic heterocycles. The third kappa shape index (κ3) is 3.82. The average molecular weight is 445 g/mol. The first-order valence-electron chi connectivity index (χ1n) is 9.43. The molecule has 0 spiro atoms. The number of rotatable bonds is 5. The van der Waals surface area contributed by atoms with E-state index in [0.717, 1.165) is 16.1 Å². The van der Waals surface area contributed by atoms with E-state index in [1.54, 1.807) is 20.3 Å². The van der Waals surface area contributed by atoms with Crippen molar-refractivity contribution in [3.63, 3.8) is 0 Å². The summed E-state index contributed by atoms with van der Waals surface area (Å²) in [6.45, 7) is 2.34. The zero-order valence-corrected chi connectivity index (χ0v) is 18.4. The van der Waals surface area contributed by atoms with E-state index in [-0.39, 0.29) is 11.9 Å². The lowest BCUT2D eigenvalue weighted by atomic mass is 10.0. The second-order valence-electron chi connectivity index (χ2n) is 6.82. The molecule has 4 rings (SSSR count). The second kappa shape index (κ2) is 8.53. The van der Waals surface area contributed by atoms with Crippen molar-refractivity contribution < 1.29 is 19.0 Å². The molecule has 1 aliphatic rings. The molecule has 0 bridgehead atoms. The van der Waals surface area contributed by atoms with Crippen molar-refractivity contribution in [2.45, 2.75) is 19.4 Å². The number of para-hydroxylation sites is 1. The molecular weight excluding hydrogens is 424 g/mol. The molecule has 30 heavy (non-hydrogen) atoms. The van der Waals surface area contributed by atoms with E-state index < -0.39 is 0 Å². The number of thiazole rings is 1. The third-order valence-electron chi connectivity index (χ3n) is 4.96. The summed E-state index contributed by atoms with van der Waals surface area (Å²) < 4.78 is 16.3. The molecule has 1 N–H and O–H groups in total. The first-order valence-corrected chi connectivity index (χ1v) is 10.6. The van der Waals surface area contributed by atoms with Crippen LogP contribution in [0.2, 0.25) is 5.02 Å². The Morgan fingerprint density at radius 3 is 2.80 bits per heavy atom. The fraction of sp³-hybridized carbons (Fsp3) is 0.273. The van der Waals surface area contributed by atoms with Gasteiger partial charge in [-0.05, 0) is 31.2 Å². The molecule has 2 heterocycles. The summed E-state index contributed by atoms with van der Waals surface area (Å²) in [5, 5.41) is 4.41. The maximum absolute atomic E-state index is 13.0. The molecule has 1 aliphatic heterocycles. The van der Waals surface area contributed by atoms with Gasteiger partial charge in [0.2, 0.25) is 0 Å². The third-order valence-corrected chi connectivity index (χ3v) is 6.47. The molecule has 3 aromatic rings. The number of ether oxygens (including phenoxy) is 3. The highest BCUT2D eigenvalue weighted by atomic mass is 35.5. The smallest absolute Gasteiger partial charge is 0.263 e. The second-order valence-corrected chi connectivity index (χ2v) is 8.23. The summed E-state index contributed by atoms with van der Waals surface area (Å²) in [6.07, 6.45) is 0.680. The molecule has 1 unspecified atom stereocenters. The van der Waals surface area contributed by atoms with Crippen LogP contribution in [0.3, 0.4) is 0 Å². The van der Waals surface area contributed by atoms with Gasteiger partial charge in [0.1, 0.15) is 15.6 Å². The van der Waals surface area contributed by atoms with Crippen LogP contribution >= 0.6 is 22.9 Å². The lowest BCUT2D eigenvalue weighted by Gasteiger charge is -2.27. The molecule has 8 heteroatoms. The van der Waals surface area contributed by atoms with Gasteiger partial charge in [-0.25, -0.2) is 4.98 Å². The minimum Gasteiger partial charge on any atom is -0.493 e. The highest BCUT2D eigenvalue weighted by molar-refractivity contribution is 7.17. The topological polar surface area (TPSA) is 69.7 Å². The Morgan fingerprint density at radius 1 is 1.23 bits per heavy atom. The molecule has 156 valence electrons. The standard InChI is InChI=1S/C22H21ClN2O4S/c1-12-20(30-22(24-12)13-7-8-17(27-2)18(11-13)28-3)21(26)25-16-9-10-29-19-14(16)5-4-6-15(19)23/h4-8,11,16H,9-10H2,1-3H3,(H,25,26). The molecule has 0 aliphatic carbocycles. The maximum atomic E-state index is 13.0. The molecule has 1 atom stereocenters. The molecule has 0 fully saturated rings. The Morgan fingerprint density at radius 2 is 2.03 bits per heavy atom. The van der Waals surface area contributed by atoms with Gasteiger partial charge in [-0.2, -0.15) is 0 Å². The molecule has 1 amide bonds.